The smallest absolute Gasteiger partial charge is 0.411 e. The molecular weight excluding hydrogens is 392 g/mol. The normalized spacial score (nSPS) is 11.3. The Morgan fingerprint density at radius 3 is 2.45 bits per heavy atom. The first-order chi connectivity index (χ1) is 15.1. The van der Waals surface area contributed by atoms with E-state index in [9.17, 15) is 9.59 Å². The van der Waals surface area contributed by atoms with Crippen molar-refractivity contribution in [1.82, 2.24) is 5.32 Å². The van der Waals surface area contributed by atoms with Crippen LogP contribution in [0.25, 0.3) is 0 Å². The summed E-state index contributed by atoms with van der Waals surface area (Å²) >= 11 is 0. The van der Waals surface area contributed by atoms with Crippen LogP contribution in [0, 0.1) is 0 Å². The first-order valence-corrected chi connectivity index (χ1v) is 10.2. The first-order valence-electron chi connectivity index (χ1n) is 10.2. The van der Waals surface area contributed by atoms with E-state index in [-0.39, 0.29) is 18.6 Å². The second kappa shape index (κ2) is 10.8. The zero-order chi connectivity index (χ0) is 22.1. The summed E-state index contributed by atoms with van der Waals surface area (Å²) in [6, 6.07) is 23.6. The fourth-order valence-electron chi connectivity index (χ4n) is 3.06. The van der Waals surface area contributed by atoms with Crippen molar-refractivity contribution in [2.24, 2.45) is 0 Å². The quantitative estimate of drug-likeness (QED) is 0.519. The molecule has 0 fully saturated rings. The highest BCUT2D eigenvalue weighted by Crippen LogP contribution is 2.21. The summed E-state index contributed by atoms with van der Waals surface area (Å²) in [5.74, 6) is 0.323. The molecule has 0 bridgehead atoms. The minimum atomic E-state index is -0.539. The molecule has 3 aromatic carbocycles. The van der Waals surface area contributed by atoms with Gasteiger partial charge in [0, 0.05) is 5.69 Å². The molecule has 0 aliphatic carbocycles. The van der Waals surface area contributed by atoms with Crippen LogP contribution in [0.5, 0.6) is 5.75 Å². The molecule has 0 spiro atoms. The highest BCUT2D eigenvalue weighted by molar-refractivity contribution is 5.97. The second-order valence-electron chi connectivity index (χ2n) is 6.94. The van der Waals surface area contributed by atoms with Gasteiger partial charge in [-0.05, 0) is 49.2 Å². The number of para-hydroxylation sites is 1. The van der Waals surface area contributed by atoms with Crippen molar-refractivity contribution in [2.75, 3.05) is 11.9 Å². The molecule has 0 aromatic heterocycles. The third-order valence-electron chi connectivity index (χ3n) is 4.62. The van der Waals surface area contributed by atoms with Crippen LogP contribution in [0.1, 0.15) is 41.4 Å². The Bertz CT molecular complexity index is 1020. The van der Waals surface area contributed by atoms with Crippen molar-refractivity contribution in [3.63, 3.8) is 0 Å². The Morgan fingerprint density at radius 1 is 0.935 bits per heavy atom. The minimum absolute atomic E-state index is 0.193. The van der Waals surface area contributed by atoms with Crippen molar-refractivity contribution in [3.05, 3.63) is 95.6 Å². The summed E-state index contributed by atoms with van der Waals surface area (Å²) in [5, 5.41) is 5.70. The van der Waals surface area contributed by atoms with Crippen LogP contribution < -0.4 is 15.4 Å². The molecule has 1 unspecified atom stereocenters. The van der Waals surface area contributed by atoms with Gasteiger partial charge in [-0.3, -0.25) is 10.1 Å². The first kappa shape index (κ1) is 21.9. The number of carbonyl (C=O) groups is 2. The van der Waals surface area contributed by atoms with Crippen molar-refractivity contribution in [1.29, 1.82) is 0 Å². The molecule has 0 aliphatic rings. The predicted octanol–water partition coefficient (Wildman–Crippen LogP) is 5.33. The molecule has 0 saturated heterocycles. The monoisotopic (exact) mass is 418 g/mol. The van der Waals surface area contributed by atoms with Crippen molar-refractivity contribution >= 4 is 17.7 Å². The molecule has 0 radical (unpaired) electrons. The number of anilines is 1. The van der Waals surface area contributed by atoms with Crippen LogP contribution in [0.15, 0.2) is 78.9 Å². The largest absolute Gasteiger partial charge is 0.493 e. The van der Waals surface area contributed by atoms with Crippen LogP contribution in [0.4, 0.5) is 10.5 Å². The summed E-state index contributed by atoms with van der Waals surface area (Å²) in [5.41, 5.74) is 2.83. The van der Waals surface area contributed by atoms with Crippen LogP contribution in [0.3, 0.4) is 0 Å². The van der Waals surface area contributed by atoms with Gasteiger partial charge in [0.25, 0.3) is 5.91 Å². The van der Waals surface area contributed by atoms with E-state index in [1.807, 2.05) is 68.4 Å². The predicted molar refractivity (Wildman–Crippen MR) is 120 cm³/mol. The van der Waals surface area contributed by atoms with Crippen LogP contribution in [0.2, 0.25) is 0 Å². The molecule has 1 atom stereocenters. The second-order valence-corrected chi connectivity index (χ2v) is 6.94. The van der Waals surface area contributed by atoms with Gasteiger partial charge < -0.3 is 14.8 Å². The molecule has 0 aliphatic heterocycles. The van der Waals surface area contributed by atoms with Crippen LogP contribution in [-0.2, 0) is 11.3 Å². The molecule has 31 heavy (non-hydrogen) atoms. The van der Waals surface area contributed by atoms with Crippen LogP contribution in [-0.4, -0.2) is 18.6 Å². The SMILES string of the molecule is CCOc1ccccc1C(=O)NC(C)c1cccc(NC(=O)OCc2ccccc2)c1. The average Bonchev–Trinajstić information content (AvgIpc) is 2.79. The summed E-state index contributed by atoms with van der Waals surface area (Å²) < 4.78 is 10.8. The number of hydrogen-bond acceptors (Lipinski definition) is 4. The van der Waals surface area contributed by atoms with Gasteiger partial charge in [-0.15, -0.1) is 0 Å². The van der Waals surface area contributed by atoms with Gasteiger partial charge >= 0.3 is 6.09 Å². The average molecular weight is 418 g/mol. The third-order valence-corrected chi connectivity index (χ3v) is 4.62. The molecule has 3 rings (SSSR count). The van der Waals surface area contributed by atoms with E-state index in [1.54, 1.807) is 24.3 Å². The number of rotatable bonds is 8. The van der Waals surface area contributed by atoms with E-state index in [4.69, 9.17) is 9.47 Å². The van der Waals surface area contributed by atoms with Gasteiger partial charge in [-0.2, -0.15) is 0 Å². The standard InChI is InChI=1S/C25H26N2O4/c1-3-30-23-15-8-7-14-22(23)24(28)26-18(2)20-12-9-13-21(16-20)27-25(29)31-17-19-10-5-4-6-11-19/h4-16,18H,3,17H2,1-2H3,(H,26,28)(H,27,29). The lowest BCUT2D eigenvalue weighted by molar-refractivity contribution is 0.0936. The molecule has 0 saturated carbocycles. The lowest BCUT2D eigenvalue weighted by Crippen LogP contribution is -2.27. The Hall–Kier alpha value is -3.80. The molecule has 2 N–H and O–H groups in total. The maximum Gasteiger partial charge on any atom is 0.411 e. The Kier molecular flexibility index (Phi) is 7.65. The van der Waals surface area contributed by atoms with Crippen molar-refractivity contribution in [2.45, 2.75) is 26.5 Å². The molecule has 6 nitrogen and oxygen atoms in total. The molecule has 0 heterocycles. The van der Waals surface area contributed by atoms with Crippen LogP contribution >= 0.6 is 0 Å². The number of ether oxygens (including phenoxy) is 2. The van der Waals surface area contributed by atoms with Crippen molar-refractivity contribution < 1.29 is 19.1 Å². The van der Waals surface area contributed by atoms with E-state index in [1.165, 1.54) is 0 Å². The fraction of sp³-hybridized carbons (Fsp3) is 0.200. The van der Waals surface area contributed by atoms with Gasteiger partial charge in [0.1, 0.15) is 12.4 Å². The van der Waals surface area contributed by atoms with Gasteiger partial charge in [-0.25, -0.2) is 4.79 Å². The third kappa shape index (κ3) is 6.34. The van der Waals surface area contributed by atoms with Crippen molar-refractivity contribution in [3.8, 4) is 5.75 Å². The zero-order valence-corrected chi connectivity index (χ0v) is 17.6. The summed E-state index contributed by atoms with van der Waals surface area (Å²) in [6.45, 7) is 4.43. The molecule has 160 valence electrons. The van der Waals surface area contributed by atoms with Gasteiger partial charge in [0.2, 0.25) is 0 Å². The molecule has 2 amide bonds. The van der Waals surface area contributed by atoms with Gasteiger partial charge in [0.15, 0.2) is 0 Å². The van der Waals surface area contributed by atoms with E-state index in [2.05, 4.69) is 10.6 Å². The highest BCUT2D eigenvalue weighted by Gasteiger charge is 2.16. The lowest BCUT2D eigenvalue weighted by atomic mass is 10.1. The van der Waals surface area contributed by atoms with Gasteiger partial charge in [0.05, 0.1) is 18.2 Å². The molecule has 6 heteroatoms. The number of nitrogens with one attached hydrogen (secondary N) is 2. The Labute approximate surface area is 182 Å². The lowest BCUT2D eigenvalue weighted by Gasteiger charge is -2.17. The van der Waals surface area contributed by atoms with Gasteiger partial charge in [-0.1, -0.05) is 54.6 Å². The van der Waals surface area contributed by atoms with E-state index in [0.29, 0.717) is 23.6 Å². The number of benzene rings is 3. The summed E-state index contributed by atoms with van der Waals surface area (Å²) in [6.07, 6.45) is -0.539. The summed E-state index contributed by atoms with van der Waals surface area (Å²) in [7, 11) is 0. The van der Waals surface area contributed by atoms with E-state index < -0.39 is 6.09 Å². The minimum Gasteiger partial charge on any atom is -0.493 e. The number of carbonyl (C=O) groups excluding carboxylic acids is 2. The zero-order valence-electron chi connectivity index (χ0n) is 17.6. The summed E-state index contributed by atoms with van der Waals surface area (Å²) in [4.78, 5) is 24.8. The van der Waals surface area contributed by atoms with E-state index in [0.717, 1.165) is 11.1 Å². The maximum absolute atomic E-state index is 12.7. The molecular formula is C25H26N2O4. The number of amides is 2. The Balaban J connectivity index is 1.60. The Morgan fingerprint density at radius 2 is 1.68 bits per heavy atom. The van der Waals surface area contributed by atoms with E-state index >= 15 is 0 Å². The fourth-order valence-corrected chi connectivity index (χ4v) is 3.06. The molecule has 3 aromatic rings. The highest BCUT2D eigenvalue weighted by atomic mass is 16.5. The number of hydrogen-bond donors (Lipinski definition) is 2. The topological polar surface area (TPSA) is 76.7 Å². The maximum atomic E-state index is 12.7.